The summed E-state index contributed by atoms with van der Waals surface area (Å²) in [5, 5.41) is 9.31. The van der Waals surface area contributed by atoms with Crippen LogP contribution in [0.2, 0.25) is 0 Å². The number of anilines is 1. The smallest absolute Gasteiger partial charge is 0.342 e. The van der Waals surface area contributed by atoms with Crippen molar-refractivity contribution in [2.24, 2.45) is 22.2 Å². The van der Waals surface area contributed by atoms with Gasteiger partial charge in [-0.3, -0.25) is 0 Å². The minimum absolute atomic E-state index is 0.0342. The number of nitrogens with two attached hydrogens (primary N) is 1. The van der Waals surface area contributed by atoms with Crippen LogP contribution in [-0.4, -0.2) is 42.0 Å². The number of ether oxygens (including phenoxy) is 2. The molecule has 0 fully saturated rings. The lowest BCUT2D eigenvalue weighted by molar-refractivity contribution is 0.172. The fourth-order valence-electron chi connectivity index (χ4n) is 4.60. The van der Waals surface area contributed by atoms with Gasteiger partial charge in [0.2, 0.25) is 0 Å². The van der Waals surface area contributed by atoms with E-state index in [9.17, 15) is 4.79 Å². The zero-order valence-corrected chi connectivity index (χ0v) is 21.9. The number of carbonyl (C=O) groups excluding carboxylic acids is 1. The molecular weight excluding hydrogens is 440 g/mol. The monoisotopic (exact) mass is 480 g/mol. The van der Waals surface area contributed by atoms with Crippen molar-refractivity contribution in [2.45, 2.75) is 66.6 Å². The van der Waals surface area contributed by atoms with Crippen LogP contribution in [-0.2, 0) is 0 Å². The predicted molar refractivity (Wildman–Crippen MR) is 142 cm³/mol. The summed E-state index contributed by atoms with van der Waals surface area (Å²) in [5.41, 5.74) is 8.74. The van der Waals surface area contributed by atoms with Gasteiger partial charge in [0.25, 0.3) is 0 Å². The van der Waals surface area contributed by atoms with E-state index in [1.54, 1.807) is 0 Å². The van der Waals surface area contributed by atoms with Gasteiger partial charge in [0, 0.05) is 11.6 Å². The first-order chi connectivity index (χ1) is 16.7. The van der Waals surface area contributed by atoms with Crippen LogP contribution >= 0.6 is 0 Å². The molecule has 190 valence electrons. The van der Waals surface area contributed by atoms with Crippen LogP contribution in [0.3, 0.4) is 0 Å². The molecule has 3 N–H and O–H groups in total. The van der Waals surface area contributed by atoms with Crippen molar-refractivity contribution in [1.82, 2.24) is 5.01 Å². The average molecular weight is 481 g/mol. The molecule has 2 aromatic carbocycles. The van der Waals surface area contributed by atoms with Gasteiger partial charge in [-0.15, -0.1) is 0 Å². The SMILES string of the molecule is CCC(CC)(CN)[C@@H]1CN(C(=O)Nc2ccc(OC(C)C)cc2)N=C1c1ccc(OC(C)C)cc1. The number of hydrogen-bond acceptors (Lipinski definition) is 5. The summed E-state index contributed by atoms with van der Waals surface area (Å²) in [6.45, 7) is 13.3. The first-order valence-corrected chi connectivity index (χ1v) is 12.6. The van der Waals surface area contributed by atoms with Crippen molar-refractivity contribution in [1.29, 1.82) is 0 Å². The summed E-state index contributed by atoms with van der Waals surface area (Å²) in [4.78, 5) is 13.2. The molecule has 7 nitrogen and oxygen atoms in total. The number of urea groups is 1. The van der Waals surface area contributed by atoms with Crippen molar-refractivity contribution < 1.29 is 14.3 Å². The fraction of sp³-hybridized carbons (Fsp3) is 0.500. The average Bonchev–Trinajstić information content (AvgIpc) is 3.28. The summed E-state index contributed by atoms with van der Waals surface area (Å²) < 4.78 is 11.5. The Bertz CT molecular complexity index is 988. The predicted octanol–water partition coefficient (Wildman–Crippen LogP) is 5.89. The molecule has 0 saturated carbocycles. The molecule has 1 heterocycles. The summed E-state index contributed by atoms with van der Waals surface area (Å²) >= 11 is 0. The van der Waals surface area contributed by atoms with E-state index in [4.69, 9.17) is 20.3 Å². The van der Waals surface area contributed by atoms with Gasteiger partial charge in [-0.2, -0.15) is 5.10 Å². The minimum Gasteiger partial charge on any atom is -0.491 e. The molecule has 0 radical (unpaired) electrons. The molecule has 0 aliphatic carbocycles. The van der Waals surface area contributed by atoms with E-state index in [0.717, 1.165) is 35.6 Å². The Balaban J connectivity index is 1.85. The minimum atomic E-state index is -0.264. The van der Waals surface area contributed by atoms with E-state index in [1.807, 2.05) is 76.2 Å². The van der Waals surface area contributed by atoms with Gasteiger partial charge in [-0.05, 0) is 107 Å². The number of amides is 2. The number of nitrogens with one attached hydrogen (secondary N) is 1. The van der Waals surface area contributed by atoms with Gasteiger partial charge < -0.3 is 20.5 Å². The number of hydrazone groups is 1. The van der Waals surface area contributed by atoms with Crippen LogP contribution in [0.25, 0.3) is 0 Å². The first-order valence-electron chi connectivity index (χ1n) is 12.6. The summed E-state index contributed by atoms with van der Waals surface area (Å²) in [6, 6.07) is 15.1. The molecule has 0 unspecified atom stereocenters. The zero-order chi connectivity index (χ0) is 25.6. The van der Waals surface area contributed by atoms with Crippen LogP contribution < -0.4 is 20.5 Å². The molecule has 0 spiro atoms. The second-order valence-corrected chi connectivity index (χ2v) is 9.71. The van der Waals surface area contributed by atoms with Crippen molar-refractivity contribution in [3.05, 3.63) is 54.1 Å². The van der Waals surface area contributed by atoms with Gasteiger partial charge in [0.1, 0.15) is 11.5 Å². The van der Waals surface area contributed by atoms with Crippen LogP contribution in [0, 0.1) is 11.3 Å². The highest BCUT2D eigenvalue weighted by molar-refractivity contribution is 6.05. The highest BCUT2D eigenvalue weighted by Crippen LogP contribution is 2.40. The molecule has 1 atom stereocenters. The topological polar surface area (TPSA) is 89.2 Å². The third-order valence-corrected chi connectivity index (χ3v) is 6.70. The molecule has 35 heavy (non-hydrogen) atoms. The fourth-order valence-corrected chi connectivity index (χ4v) is 4.60. The quantitative estimate of drug-likeness (QED) is 0.443. The maximum absolute atomic E-state index is 13.2. The summed E-state index contributed by atoms with van der Waals surface area (Å²) in [5.74, 6) is 1.62. The Kier molecular flexibility index (Phi) is 8.78. The first kappa shape index (κ1) is 26.5. The van der Waals surface area contributed by atoms with Gasteiger partial charge >= 0.3 is 6.03 Å². The number of rotatable bonds is 10. The van der Waals surface area contributed by atoms with E-state index in [0.29, 0.717) is 18.8 Å². The van der Waals surface area contributed by atoms with Crippen molar-refractivity contribution >= 4 is 17.4 Å². The van der Waals surface area contributed by atoms with Crippen molar-refractivity contribution in [3.8, 4) is 11.5 Å². The van der Waals surface area contributed by atoms with Gasteiger partial charge in [-0.25, -0.2) is 9.80 Å². The van der Waals surface area contributed by atoms with Crippen molar-refractivity contribution in [2.75, 3.05) is 18.4 Å². The van der Waals surface area contributed by atoms with Gasteiger partial charge in [-0.1, -0.05) is 13.8 Å². The Morgan fingerprint density at radius 3 is 1.97 bits per heavy atom. The van der Waals surface area contributed by atoms with Gasteiger partial charge in [0.15, 0.2) is 0 Å². The molecule has 2 aromatic rings. The van der Waals surface area contributed by atoms with E-state index < -0.39 is 0 Å². The molecule has 2 amide bonds. The Morgan fingerprint density at radius 2 is 1.51 bits per heavy atom. The maximum atomic E-state index is 13.2. The Labute approximate surface area is 209 Å². The van der Waals surface area contributed by atoms with Gasteiger partial charge in [0.05, 0.1) is 24.5 Å². The second kappa shape index (κ2) is 11.6. The van der Waals surface area contributed by atoms with E-state index >= 15 is 0 Å². The van der Waals surface area contributed by atoms with Crippen LogP contribution in [0.15, 0.2) is 53.6 Å². The lowest BCUT2D eigenvalue weighted by Gasteiger charge is -2.37. The van der Waals surface area contributed by atoms with E-state index in [1.165, 1.54) is 5.01 Å². The lowest BCUT2D eigenvalue weighted by Crippen LogP contribution is -2.43. The van der Waals surface area contributed by atoms with E-state index in [2.05, 4.69) is 19.2 Å². The zero-order valence-electron chi connectivity index (χ0n) is 21.9. The Morgan fingerprint density at radius 1 is 1.00 bits per heavy atom. The van der Waals surface area contributed by atoms with Crippen molar-refractivity contribution in [3.63, 3.8) is 0 Å². The molecule has 3 rings (SSSR count). The molecule has 0 bridgehead atoms. The Hall–Kier alpha value is -3.06. The maximum Gasteiger partial charge on any atom is 0.342 e. The molecule has 0 aromatic heterocycles. The number of hydrogen-bond donors (Lipinski definition) is 2. The second-order valence-electron chi connectivity index (χ2n) is 9.71. The normalized spacial score (nSPS) is 16.0. The molecule has 0 saturated heterocycles. The number of nitrogens with zero attached hydrogens (tertiary/aromatic N) is 2. The standard InChI is InChI=1S/C28H40N4O3/c1-7-28(8-2,18-29)25-17-32(27(33)30-22-11-15-24(16-12-22)35-20(5)6)31-26(25)21-9-13-23(14-10-21)34-19(3)4/h9-16,19-20,25H,7-8,17-18,29H2,1-6H3,(H,30,33)/t25-/m1/s1. The highest BCUT2D eigenvalue weighted by Gasteiger charge is 2.44. The van der Waals surface area contributed by atoms with Crippen LogP contribution in [0.4, 0.5) is 10.5 Å². The molecular formula is C28H40N4O3. The molecule has 1 aliphatic rings. The van der Waals surface area contributed by atoms with Crippen LogP contribution in [0.1, 0.15) is 59.9 Å². The third-order valence-electron chi connectivity index (χ3n) is 6.70. The highest BCUT2D eigenvalue weighted by atomic mass is 16.5. The van der Waals surface area contributed by atoms with Crippen LogP contribution in [0.5, 0.6) is 11.5 Å². The lowest BCUT2D eigenvalue weighted by atomic mass is 9.68. The summed E-state index contributed by atoms with van der Waals surface area (Å²) in [7, 11) is 0. The number of benzene rings is 2. The largest absolute Gasteiger partial charge is 0.491 e. The van der Waals surface area contributed by atoms with E-state index in [-0.39, 0.29) is 29.6 Å². The third kappa shape index (κ3) is 6.34. The summed E-state index contributed by atoms with van der Waals surface area (Å²) in [6.07, 6.45) is 2.01. The molecule has 7 heteroatoms. The number of carbonyl (C=O) groups is 1. The molecule has 1 aliphatic heterocycles.